The fourth-order valence-electron chi connectivity index (χ4n) is 3.41. The summed E-state index contributed by atoms with van der Waals surface area (Å²) in [5, 5.41) is 14.6. The first-order chi connectivity index (χ1) is 13.8. The maximum Gasteiger partial charge on any atom is 0.258 e. The fraction of sp³-hybridized carbons (Fsp3) is 0.450. The Morgan fingerprint density at radius 1 is 1.28 bits per heavy atom. The minimum absolute atomic E-state index is 0.0246. The normalized spacial score (nSPS) is 21.9. The predicted octanol–water partition coefficient (Wildman–Crippen LogP) is 3.91. The third kappa shape index (κ3) is 4.42. The number of halogens is 2. The molecule has 1 aromatic carbocycles. The molecular formula is C20H23Cl2N5O2. The van der Waals surface area contributed by atoms with Crippen LogP contribution in [0.3, 0.4) is 0 Å². The molecule has 1 saturated heterocycles. The number of carbonyl (C=O) groups excluding carboxylic acids is 2. The van der Waals surface area contributed by atoms with Crippen LogP contribution in [0.1, 0.15) is 61.4 Å². The molecule has 29 heavy (non-hydrogen) atoms. The summed E-state index contributed by atoms with van der Waals surface area (Å²) in [7, 11) is 0. The second-order valence-corrected chi connectivity index (χ2v) is 8.79. The van der Waals surface area contributed by atoms with Crippen LogP contribution in [0.5, 0.6) is 0 Å². The first kappa shape index (κ1) is 20.2. The molecule has 2 amide bonds. The van der Waals surface area contributed by atoms with Gasteiger partial charge in [0.1, 0.15) is 5.82 Å². The van der Waals surface area contributed by atoms with Crippen molar-refractivity contribution in [3.8, 4) is 0 Å². The van der Waals surface area contributed by atoms with Gasteiger partial charge in [0.05, 0.1) is 16.3 Å². The summed E-state index contributed by atoms with van der Waals surface area (Å²) in [4.78, 5) is 25.1. The summed E-state index contributed by atoms with van der Waals surface area (Å²) in [6.45, 7) is 4.13. The third-order valence-corrected chi connectivity index (χ3v) is 5.84. The van der Waals surface area contributed by atoms with Gasteiger partial charge in [0, 0.05) is 29.5 Å². The van der Waals surface area contributed by atoms with E-state index in [-0.39, 0.29) is 28.8 Å². The number of carbonyl (C=O) groups is 2. The van der Waals surface area contributed by atoms with E-state index in [1.165, 1.54) is 6.07 Å². The lowest BCUT2D eigenvalue weighted by Crippen LogP contribution is -2.55. The summed E-state index contributed by atoms with van der Waals surface area (Å²) < 4.78 is 1.64. The number of rotatable bonds is 5. The highest BCUT2D eigenvalue weighted by molar-refractivity contribution is 6.37. The molecule has 2 atom stereocenters. The van der Waals surface area contributed by atoms with Gasteiger partial charge in [0.2, 0.25) is 5.91 Å². The van der Waals surface area contributed by atoms with E-state index in [4.69, 9.17) is 23.2 Å². The van der Waals surface area contributed by atoms with Crippen LogP contribution in [-0.4, -0.2) is 27.6 Å². The summed E-state index contributed by atoms with van der Waals surface area (Å²) in [6.07, 6.45) is 2.03. The molecule has 2 aromatic rings. The van der Waals surface area contributed by atoms with Crippen LogP contribution in [0.25, 0.3) is 0 Å². The van der Waals surface area contributed by atoms with Crippen molar-refractivity contribution >= 4 is 40.8 Å². The van der Waals surface area contributed by atoms with Crippen LogP contribution in [0, 0.1) is 5.92 Å². The molecule has 1 aliphatic carbocycles. The molecule has 2 aliphatic rings. The van der Waals surface area contributed by atoms with Crippen molar-refractivity contribution in [3.05, 3.63) is 45.6 Å². The first-order valence-electron chi connectivity index (χ1n) is 9.73. The molecule has 1 aliphatic heterocycles. The van der Waals surface area contributed by atoms with Gasteiger partial charge in [0.15, 0.2) is 6.29 Å². The monoisotopic (exact) mass is 435 g/mol. The van der Waals surface area contributed by atoms with Gasteiger partial charge < -0.3 is 10.6 Å². The van der Waals surface area contributed by atoms with E-state index in [0.29, 0.717) is 28.7 Å². The van der Waals surface area contributed by atoms with Crippen LogP contribution in [-0.2, 0) is 4.79 Å². The molecule has 4 rings (SSSR count). The average molecular weight is 436 g/mol. The zero-order valence-electron chi connectivity index (χ0n) is 16.2. The Hall–Kier alpha value is -2.09. The molecule has 1 aromatic heterocycles. The van der Waals surface area contributed by atoms with E-state index >= 15 is 0 Å². The highest BCUT2D eigenvalue weighted by atomic mass is 35.5. The van der Waals surface area contributed by atoms with Crippen LogP contribution >= 0.6 is 23.2 Å². The van der Waals surface area contributed by atoms with Gasteiger partial charge in [-0.3, -0.25) is 14.9 Å². The van der Waals surface area contributed by atoms with Gasteiger partial charge in [-0.25, -0.2) is 4.68 Å². The molecule has 0 bridgehead atoms. The summed E-state index contributed by atoms with van der Waals surface area (Å²) in [5.74, 6) is 0.774. The Labute approximate surface area is 179 Å². The van der Waals surface area contributed by atoms with Crippen molar-refractivity contribution in [3.63, 3.8) is 0 Å². The standard InChI is InChI=1S/C20H23Cl2N5O2/c1-10(2)15-9-18(28)25-20(23-15)27-17(8-16(26-27)11-3-4-11)24-19(29)13-6-5-12(21)7-14(13)22/h5-8,10-11,15,20,23H,3-4,9H2,1-2H3,(H,24,29)(H,25,28). The highest BCUT2D eigenvalue weighted by Gasteiger charge is 2.33. The van der Waals surface area contributed by atoms with E-state index in [0.717, 1.165) is 18.5 Å². The van der Waals surface area contributed by atoms with Crippen LogP contribution < -0.4 is 16.0 Å². The van der Waals surface area contributed by atoms with Gasteiger partial charge >= 0.3 is 0 Å². The fourth-order valence-corrected chi connectivity index (χ4v) is 3.91. The summed E-state index contributed by atoms with van der Waals surface area (Å²) >= 11 is 12.1. The smallest absolute Gasteiger partial charge is 0.258 e. The number of nitrogens with one attached hydrogen (secondary N) is 3. The molecule has 1 saturated carbocycles. The van der Waals surface area contributed by atoms with E-state index in [1.807, 2.05) is 6.07 Å². The van der Waals surface area contributed by atoms with Crippen molar-refractivity contribution < 1.29 is 9.59 Å². The average Bonchev–Trinajstić information content (AvgIpc) is 3.42. The maximum absolute atomic E-state index is 12.8. The zero-order chi connectivity index (χ0) is 20.7. The molecular weight excluding hydrogens is 413 g/mol. The molecule has 7 nitrogen and oxygen atoms in total. The Morgan fingerprint density at radius 2 is 2.03 bits per heavy atom. The molecule has 0 spiro atoms. The number of nitrogens with zero attached hydrogens (tertiary/aromatic N) is 2. The third-order valence-electron chi connectivity index (χ3n) is 5.29. The van der Waals surface area contributed by atoms with E-state index < -0.39 is 6.29 Å². The molecule has 2 heterocycles. The molecule has 2 fully saturated rings. The predicted molar refractivity (Wildman–Crippen MR) is 112 cm³/mol. The number of amides is 2. The molecule has 154 valence electrons. The van der Waals surface area contributed by atoms with Crippen molar-refractivity contribution in [1.29, 1.82) is 0 Å². The maximum atomic E-state index is 12.8. The quantitative estimate of drug-likeness (QED) is 0.663. The highest BCUT2D eigenvalue weighted by Crippen LogP contribution is 2.40. The second kappa shape index (κ2) is 7.97. The topological polar surface area (TPSA) is 88.1 Å². The van der Waals surface area contributed by atoms with Crippen molar-refractivity contribution in [1.82, 2.24) is 20.4 Å². The van der Waals surface area contributed by atoms with Crippen LogP contribution in [0.2, 0.25) is 10.0 Å². The molecule has 3 N–H and O–H groups in total. The van der Waals surface area contributed by atoms with Crippen molar-refractivity contribution in [2.24, 2.45) is 5.92 Å². The van der Waals surface area contributed by atoms with Crippen LogP contribution in [0.4, 0.5) is 5.82 Å². The minimum atomic E-state index is -0.535. The number of aromatic nitrogens is 2. The molecule has 0 radical (unpaired) electrons. The number of hydrogen-bond acceptors (Lipinski definition) is 4. The number of benzene rings is 1. The Balaban J connectivity index is 1.63. The minimum Gasteiger partial charge on any atom is -0.322 e. The zero-order valence-corrected chi connectivity index (χ0v) is 17.7. The van der Waals surface area contributed by atoms with Crippen molar-refractivity contribution in [2.45, 2.75) is 51.4 Å². The van der Waals surface area contributed by atoms with Crippen molar-refractivity contribution in [2.75, 3.05) is 5.32 Å². The number of hydrogen-bond donors (Lipinski definition) is 3. The SMILES string of the molecule is CC(C)C1CC(=O)NC(n2nc(C3CC3)cc2NC(=O)c2ccc(Cl)cc2Cl)N1. The largest absolute Gasteiger partial charge is 0.322 e. The lowest BCUT2D eigenvalue weighted by molar-refractivity contribution is -0.126. The second-order valence-electron chi connectivity index (χ2n) is 7.94. The van der Waals surface area contributed by atoms with Gasteiger partial charge in [-0.1, -0.05) is 37.0 Å². The lowest BCUT2D eigenvalue weighted by atomic mass is 9.99. The number of anilines is 1. The van der Waals surface area contributed by atoms with Gasteiger partial charge in [-0.2, -0.15) is 5.10 Å². The molecule has 2 unspecified atom stereocenters. The van der Waals surface area contributed by atoms with E-state index in [1.54, 1.807) is 16.8 Å². The van der Waals surface area contributed by atoms with Gasteiger partial charge in [-0.15, -0.1) is 0 Å². The Morgan fingerprint density at radius 3 is 2.69 bits per heavy atom. The summed E-state index contributed by atoms with van der Waals surface area (Å²) in [6, 6.07) is 6.62. The van der Waals surface area contributed by atoms with E-state index in [2.05, 4.69) is 34.9 Å². The Kier molecular flexibility index (Phi) is 5.55. The first-order valence-corrected chi connectivity index (χ1v) is 10.5. The van der Waals surface area contributed by atoms with Gasteiger partial charge in [-0.05, 0) is 37.0 Å². The lowest BCUT2D eigenvalue weighted by Gasteiger charge is -2.34. The van der Waals surface area contributed by atoms with Crippen LogP contribution in [0.15, 0.2) is 24.3 Å². The Bertz CT molecular complexity index is 954. The van der Waals surface area contributed by atoms with E-state index in [9.17, 15) is 9.59 Å². The molecule has 9 heteroatoms. The summed E-state index contributed by atoms with van der Waals surface area (Å²) in [5.41, 5.74) is 1.22. The van der Waals surface area contributed by atoms with Gasteiger partial charge in [0.25, 0.3) is 5.91 Å².